The predicted octanol–water partition coefficient (Wildman–Crippen LogP) is 5.17. The van der Waals surface area contributed by atoms with Gasteiger partial charge < -0.3 is 10.6 Å². The molecule has 0 aliphatic rings. The summed E-state index contributed by atoms with van der Waals surface area (Å²) in [5, 5.41) is 9.36. The average molecular weight is 366 g/mol. The molecule has 0 aliphatic carbocycles. The Morgan fingerprint density at radius 1 is 1.08 bits per heavy atom. The second-order valence-electron chi connectivity index (χ2n) is 6.50. The van der Waals surface area contributed by atoms with E-state index in [4.69, 9.17) is 0 Å². The number of thiazole rings is 1. The minimum Gasteiger partial charge on any atom is -0.374 e. The average Bonchev–Trinajstić information content (AvgIpc) is 3.05. The first-order valence-corrected chi connectivity index (χ1v) is 9.47. The summed E-state index contributed by atoms with van der Waals surface area (Å²) < 4.78 is 0. The Labute approximate surface area is 158 Å². The summed E-state index contributed by atoms with van der Waals surface area (Å²) in [6, 6.07) is 13.7. The summed E-state index contributed by atoms with van der Waals surface area (Å²) in [4.78, 5) is 17.0. The second-order valence-corrected chi connectivity index (χ2v) is 7.56. The molecule has 1 amide bonds. The molecule has 26 heavy (non-hydrogen) atoms. The van der Waals surface area contributed by atoms with Crippen LogP contribution in [0.5, 0.6) is 0 Å². The first kappa shape index (κ1) is 18.1. The zero-order chi connectivity index (χ0) is 18.7. The van der Waals surface area contributed by atoms with E-state index in [0.29, 0.717) is 0 Å². The number of benzene rings is 2. The third-order valence-corrected chi connectivity index (χ3v) is 5.00. The van der Waals surface area contributed by atoms with Crippen molar-refractivity contribution in [1.82, 2.24) is 4.98 Å². The van der Waals surface area contributed by atoms with Gasteiger partial charge in [-0.25, -0.2) is 4.98 Å². The van der Waals surface area contributed by atoms with Crippen molar-refractivity contribution in [2.75, 3.05) is 10.6 Å². The van der Waals surface area contributed by atoms with Crippen molar-refractivity contribution < 1.29 is 4.79 Å². The van der Waals surface area contributed by atoms with Gasteiger partial charge in [0.1, 0.15) is 6.04 Å². The van der Waals surface area contributed by atoms with E-state index in [-0.39, 0.29) is 11.9 Å². The number of carbonyl (C=O) groups excluding carboxylic acids is 1. The third-order valence-electron chi connectivity index (χ3n) is 4.23. The minimum absolute atomic E-state index is 0.0575. The standard InChI is InChI=1S/C21H23N3OS/c1-13-5-6-14(2)19(11-13)24-21(25)15(3)22-18-9-7-17(8-10-18)20-12-26-16(4)23-20/h5-12,15,22H,1-4H3,(H,24,25)/t15-/m0/s1. The lowest BCUT2D eigenvalue weighted by Crippen LogP contribution is -2.32. The second kappa shape index (κ2) is 7.70. The zero-order valence-corrected chi connectivity index (χ0v) is 16.3. The molecule has 1 heterocycles. The van der Waals surface area contributed by atoms with Crippen molar-refractivity contribution in [1.29, 1.82) is 0 Å². The number of carbonyl (C=O) groups is 1. The molecule has 0 saturated carbocycles. The highest BCUT2D eigenvalue weighted by atomic mass is 32.1. The van der Waals surface area contributed by atoms with Gasteiger partial charge in [-0.1, -0.05) is 24.3 Å². The zero-order valence-electron chi connectivity index (χ0n) is 15.5. The first-order valence-electron chi connectivity index (χ1n) is 8.59. The molecule has 5 heteroatoms. The number of anilines is 2. The Morgan fingerprint density at radius 3 is 2.46 bits per heavy atom. The maximum Gasteiger partial charge on any atom is 0.246 e. The van der Waals surface area contributed by atoms with Crippen LogP contribution in [0.15, 0.2) is 47.8 Å². The molecule has 3 aromatic rings. The van der Waals surface area contributed by atoms with Crippen LogP contribution < -0.4 is 10.6 Å². The molecular weight excluding hydrogens is 342 g/mol. The van der Waals surface area contributed by atoms with Gasteiger partial charge in [-0.2, -0.15) is 0 Å². The summed E-state index contributed by atoms with van der Waals surface area (Å²) in [6.07, 6.45) is 0. The Balaban J connectivity index is 1.64. The molecule has 0 radical (unpaired) electrons. The number of nitrogens with one attached hydrogen (secondary N) is 2. The first-order chi connectivity index (χ1) is 12.4. The highest BCUT2D eigenvalue weighted by Crippen LogP contribution is 2.23. The topological polar surface area (TPSA) is 54.0 Å². The van der Waals surface area contributed by atoms with E-state index < -0.39 is 0 Å². The van der Waals surface area contributed by atoms with Crippen LogP contribution in [0.25, 0.3) is 11.3 Å². The number of hydrogen-bond acceptors (Lipinski definition) is 4. The maximum absolute atomic E-state index is 12.5. The van der Waals surface area contributed by atoms with Crippen molar-refractivity contribution in [2.24, 2.45) is 0 Å². The molecule has 2 aromatic carbocycles. The normalized spacial score (nSPS) is 11.8. The lowest BCUT2D eigenvalue weighted by molar-refractivity contribution is -0.116. The molecule has 134 valence electrons. The van der Waals surface area contributed by atoms with E-state index in [2.05, 4.69) is 21.0 Å². The SMILES string of the molecule is Cc1ccc(C)c(NC(=O)[C@H](C)Nc2ccc(-c3csc(C)n3)cc2)c1. The minimum atomic E-state index is -0.345. The Morgan fingerprint density at radius 2 is 1.81 bits per heavy atom. The van der Waals surface area contributed by atoms with E-state index in [0.717, 1.165) is 38.8 Å². The van der Waals surface area contributed by atoms with E-state index >= 15 is 0 Å². The molecule has 1 aromatic heterocycles. The largest absolute Gasteiger partial charge is 0.374 e. The monoisotopic (exact) mass is 365 g/mol. The van der Waals surface area contributed by atoms with Gasteiger partial charge in [0.25, 0.3) is 0 Å². The van der Waals surface area contributed by atoms with Gasteiger partial charge >= 0.3 is 0 Å². The van der Waals surface area contributed by atoms with Gasteiger partial charge in [0.15, 0.2) is 0 Å². The Kier molecular flexibility index (Phi) is 5.38. The van der Waals surface area contributed by atoms with Crippen LogP contribution in [-0.2, 0) is 4.79 Å². The predicted molar refractivity (Wildman–Crippen MR) is 110 cm³/mol. The number of amides is 1. The molecule has 0 fully saturated rings. The van der Waals surface area contributed by atoms with Gasteiger partial charge in [-0.15, -0.1) is 11.3 Å². The fourth-order valence-electron chi connectivity index (χ4n) is 2.66. The molecule has 0 spiro atoms. The van der Waals surface area contributed by atoms with Crippen LogP contribution in [0.2, 0.25) is 0 Å². The number of hydrogen-bond donors (Lipinski definition) is 2. The summed E-state index contributed by atoms with van der Waals surface area (Å²) >= 11 is 1.64. The van der Waals surface area contributed by atoms with Gasteiger partial charge in [0.05, 0.1) is 10.7 Å². The van der Waals surface area contributed by atoms with Crippen molar-refractivity contribution in [3.63, 3.8) is 0 Å². The van der Waals surface area contributed by atoms with E-state index in [1.54, 1.807) is 11.3 Å². The van der Waals surface area contributed by atoms with Crippen LogP contribution in [0.4, 0.5) is 11.4 Å². The summed E-state index contributed by atoms with van der Waals surface area (Å²) in [5.41, 5.74) is 6.01. The molecule has 0 unspecified atom stereocenters. The Hall–Kier alpha value is -2.66. The van der Waals surface area contributed by atoms with Gasteiger partial charge in [0.2, 0.25) is 5.91 Å². The number of aromatic nitrogens is 1. The molecule has 4 nitrogen and oxygen atoms in total. The third kappa shape index (κ3) is 4.29. The highest BCUT2D eigenvalue weighted by molar-refractivity contribution is 7.09. The maximum atomic E-state index is 12.5. The van der Waals surface area contributed by atoms with Crippen molar-refractivity contribution in [2.45, 2.75) is 33.7 Å². The number of rotatable bonds is 5. The molecule has 2 N–H and O–H groups in total. The van der Waals surface area contributed by atoms with Crippen molar-refractivity contribution in [3.8, 4) is 11.3 Å². The fourth-order valence-corrected chi connectivity index (χ4v) is 3.28. The van der Waals surface area contributed by atoms with Gasteiger partial charge in [-0.3, -0.25) is 4.79 Å². The summed E-state index contributed by atoms with van der Waals surface area (Å²) in [6.45, 7) is 7.87. The van der Waals surface area contributed by atoms with Crippen molar-refractivity contribution in [3.05, 3.63) is 64.0 Å². The van der Waals surface area contributed by atoms with Crippen LogP contribution in [0, 0.1) is 20.8 Å². The van der Waals surface area contributed by atoms with Crippen LogP contribution in [-0.4, -0.2) is 16.9 Å². The van der Waals surface area contributed by atoms with Crippen LogP contribution >= 0.6 is 11.3 Å². The lowest BCUT2D eigenvalue weighted by Gasteiger charge is -2.17. The smallest absolute Gasteiger partial charge is 0.246 e. The molecule has 1 atom stereocenters. The van der Waals surface area contributed by atoms with Gasteiger partial charge in [-0.05, 0) is 57.0 Å². The van der Waals surface area contributed by atoms with Crippen LogP contribution in [0.3, 0.4) is 0 Å². The number of nitrogens with zero attached hydrogens (tertiary/aromatic N) is 1. The molecule has 0 aliphatic heterocycles. The van der Waals surface area contributed by atoms with E-state index in [1.807, 2.05) is 70.2 Å². The quantitative estimate of drug-likeness (QED) is 0.655. The Bertz CT molecular complexity index is 915. The molecule has 0 bridgehead atoms. The number of aryl methyl sites for hydroxylation is 3. The fraction of sp³-hybridized carbons (Fsp3) is 0.238. The summed E-state index contributed by atoms with van der Waals surface area (Å²) in [5.74, 6) is -0.0575. The molecule has 3 rings (SSSR count). The van der Waals surface area contributed by atoms with E-state index in [9.17, 15) is 4.79 Å². The van der Waals surface area contributed by atoms with Crippen molar-refractivity contribution >= 4 is 28.6 Å². The lowest BCUT2D eigenvalue weighted by atomic mass is 10.1. The molecule has 0 saturated heterocycles. The molecular formula is C21H23N3OS. The summed E-state index contributed by atoms with van der Waals surface area (Å²) in [7, 11) is 0. The van der Waals surface area contributed by atoms with E-state index in [1.165, 1.54) is 0 Å². The van der Waals surface area contributed by atoms with Gasteiger partial charge in [0, 0.05) is 22.3 Å². The van der Waals surface area contributed by atoms with Crippen LogP contribution in [0.1, 0.15) is 23.1 Å². The highest BCUT2D eigenvalue weighted by Gasteiger charge is 2.14.